The zero-order valence-electron chi connectivity index (χ0n) is 14.6. The van der Waals surface area contributed by atoms with Crippen LogP contribution in [0.25, 0.3) is 0 Å². The average Bonchev–Trinajstić information content (AvgIpc) is 3.09. The van der Waals surface area contributed by atoms with Crippen LogP contribution in [0.15, 0.2) is 35.7 Å². The highest BCUT2D eigenvalue weighted by Gasteiger charge is 2.32. The summed E-state index contributed by atoms with van der Waals surface area (Å²) in [5.74, 6) is 0.0280. The molecule has 1 aromatic carbocycles. The number of piperidine rings is 1. The molecule has 7 heteroatoms. The molecule has 1 aromatic heterocycles. The number of halogens is 1. The summed E-state index contributed by atoms with van der Waals surface area (Å²) in [6.07, 6.45) is 2.95. The van der Waals surface area contributed by atoms with E-state index in [-0.39, 0.29) is 5.75 Å². The van der Waals surface area contributed by atoms with Gasteiger partial charge in [0.2, 0.25) is 10.0 Å². The quantitative estimate of drug-likeness (QED) is 0.770. The Bertz CT molecular complexity index is 873. The van der Waals surface area contributed by atoms with Crippen LogP contribution in [0.3, 0.4) is 0 Å². The summed E-state index contributed by atoms with van der Waals surface area (Å²) in [6.45, 7) is 3.33. The van der Waals surface area contributed by atoms with Crippen molar-refractivity contribution in [1.82, 2.24) is 9.21 Å². The van der Waals surface area contributed by atoms with E-state index in [0.717, 1.165) is 37.9 Å². The van der Waals surface area contributed by atoms with Crippen molar-refractivity contribution in [3.05, 3.63) is 56.7 Å². The fraction of sp³-hybridized carbons (Fsp3) is 0.474. The Morgan fingerprint density at radius 1 is 1.15 bits per heavy atom. The third-order valence-corrected chi connectivity index (χ3v) is 8.52. The van der Waals surface area contributed by atoms with E-state index in [4.69, 9.17) is 11.6 Å². The SMILES string of the molecule is O=S(=O)(Cc1cccc(Cl)c1)N1CCC(N2CCc3sccc3C2)CC1. The first-order chi connectivity index (χ1) is 12.5. The van der Waals surface area contributed by atoms with Crippen LogP contribution in [0.2, 0.25) is 5.02 Å². The van der Waals surface area contributed by atoms with E-state index < -0.39 is 10.0 Å². The summed E-state index contributed by atoms with van der Waals surface area (Å²) in [5, 5.41) is 2.76. The van der Waals surface area contributed by atoms with Crippen molar-refractivity contribution in [2.24, 2.45) is 0 Å². The van der Waals surface area contributed by atoms with E-state index in [9.17, 15) is 8.42 Å². The van der Waals surface area contributed by atoms with Crippen molar-refractivity contribution in [2.75, 3.05) is 19.6 Å². The lowest BCUT2D eigenvalue weighted by Crippen LogP contribution is -2.48. The molecule has 0 N–H and O–H groups in total. The van der Waals surface area contributed by atoms with Gasteiger partial charge in [-0.3, -0.25) is 4.90 Å². The number of hydrogen-bond donors (Lipinski definition) is 0. The lowest BCUT2D eigenvalue weighted by molar-refractivity contribution is 0.127. The summed E-state index contributed by atoms with van der Waals surface area (Å²) < 4.78 is 27.2. The standard InChI is InChI=1S/C19H23ClN2O2S2/c20-17-3-1-2-15(12-17)14-26(23,24)22-9-4-18(5-10-22)21-8-6-19-16(13-21)7-11-25-19/h1-3,7,11-12,18H,4-6,8-10,13-14H2. The molecule has 26 heavy (non-hydrogen) atoms. The predicted molar refractivity (Wildman–Crippen MR) is 107 cm³/mol. The third-order valence-electron chi connectivity index (χ3n) is 5.41. The van der Waals surface area contributed by atoms with E-state index in [1.165, 1.54) is 10.4 Å². The van der Waals surface area contributed by atoms with Gasteiger partial charge in [-0.05, 0) is 54.0 Å². The van der Waals surface area contributed by atoms with Crippen molar-refractivity contribution in [2.45, 2.75) is 37.6 Å². The Hall–Kier alpha value is -0.920. The van der Waals surface area contributed by atoms with Crippen molar-refractivity contribution < 1.29 is 8.42 Å². The molecule has 2 aromatic rings. The molecule has 2 aliphatic heterocycles. The number of fused-ring (bicyclic) bond motifs is 1. The van der Waals surface area contributed by atoms with Gasteiger partial charge >= 0.3 is 0 Å². The lowest BCUT2D eigenvalue weighted by Gasteiger charge is -2.39. The van der Waals surface area contributed by atoms with Gasteiger partial charge in [0.05, 0.1) is 5.75 Å². The van der Waals surface area contributed by atoms with Crippen LogP contribution in [0.4, 0.5) is 0 Å². The summed E-state index contributed by atoms with van der Waals surface area (Å²) in [4.78, 5) is 4.05. The fourth-order valence-corrected chi connectivity index (χ4v) is 6.65. The number of hydrogen-bond acceptors (Lipinski definition) is 4. The second-order valence-corrected chi connectivity index (χ2v) is 10.5. The van der Waals surface area contributed by atoms with Crippen LogP contribution in [0.1, 0.15) is 28.8 Å². The number of benzene rings is 1. The molecule has 0 unspecified atom stereocenters. The predicted octanol–water partition coefficient (Wildman–Crippen LogP) is 3.75. The van der Waals surface area contributed by atoms with E-state index in [2.05, 4.69) is 16.3 Å². The first-order valence-corrected chi connectivity index (χ1v) is 11.9. The molecule has 3 heterocycles. The highest BCUT2D eigenvalue weighted by Crippen LogP contribution is 2.29. The second kappa shape index (κ2) is 7.60. The minimum Gasteiger partial charge on any atom is -0.296 e. The number of thiophene rings is 1. The second-order valence-electron chi connectivity index (χ2n) is 7.11. The van der Waals surface area contributed by atoms with Gasteiger partial charge in [0, 0.05) is 42.1 Å². The largest absolute Gasteiger partial charge is 0.296 e. The molecule has 1 fully saturated rings. The fourth-order valence-electron chi connectivity index (χ4n) is 4.00. The number of sulfonamides is 1. The third kappa shape index (κ3) is 3.99. The lowest BCUT2D eigenvalue weighted by atomic mass is 10.0. The molecule has 2 aliphatic rings. The Morgan fingerprint density at radius 2 is 1.96 bits per heavy atom. The highest BCUT2D eigenvalue weighted by atomic mass is 35.5. The van der Waals surface area contributed by atoms with Crippen LogP contribution in [-0.2, 0) is 28.7 Å². The van der Waals surface area contributed by atoms with E-state index >= 15 is 0 Å². The van der Waals surface area contributed by atoms with Crippen molar-refractivity contribution in [1.29, 1.82) is 0 Å². The molecule has 0 amide bonds. The van der Waals surface area contributed by atoms with Crippen molar-refractivity contribution in [3.63, 3.8) is 0 Å². The number of nitrogens with zero attached hydrogens (tertiary/aromatic N) is 2. The molecule has 140 valence electrons. The van der Waals surface area contributed by atoms with Gasteiger partial charge in [-0.2, -0.15) is 0 Å². The van der Waals surface area contributed by atoms with Gasteiger partial charge < -0.3 is 0 Å². The van der Waals surface area contributed by atoms with Crippen LogP contribution in [0.5, 0.6) is 0 Å². The van der Waals surface area contributed by atoms with E-state index in [0.29, 0.717) is 24.2 Å². The first kappa shape index (κ1) is 18.4. The maximum atomic E-state index is 12.7. The Morgan fingerprint density at radius 3 is 2.73 bits per heavy atom. The van der Waals surface area contributed by atoms with Gasteiger partial charge in [0.15, 0.2) is 0 Å². The summed E-state index contributed by atoms with van der Waals surface area (Å²) in [7, 11) is -3.29. The zero-order valence-corrected chi connectivity index (χ0v) is 17.0. The molecular formula is C19H23ClN2O2S2. The molecule has 0 radical (unpaired) electrons. The first-order valence-electron chi connectivity index (χ1n) is 9.03. The Kier molecular flexibility index (Phi) is 5.39. The van der Waals surface area contributed by atoms with Gasteiger partial charge in [0.1, 0.15) is 0 Å². The Balaban J connectivity index is 1.36. The van der Waals surface area contributed by atoms with Crippen LogP contribution in [0, 0.1) is 0 Å². The van der Waals surface area contributed by atoms with Crippen molar-refractivity contribution >= 4 is 33.0 Å². The Labute approximate surface area is 164 Å². The van der Waals surface area contributed by atoms with Gasteiger partial charge in [-0.1, -0.05) is 23.7 Å². The van der Waals surface area contributed by atoms with Gasteiger partial charge in [0.25, 0.3) is 0 Å². The molecule has 0 atom stereocenters. The number of rotatable bonds is 4. The van der Waals surface area contributed by atoms with Crippen molar-refractivity contribution in [3.8, 4) is 0 Å². The smallest absolute Gasteiger partial charge is 0.218 e. The molecular weight excluding hydrogens is 388 g/mol. The molecule has 1 saturated heterocycles. The minimum atomic E-state index is -3.29. The van der Waals surface area contributed by atoms with Crippen LogP contribution in [-0.4, -0.2) is 43.3 Å². The normalized spacial score (nSPS) is 20.2. The van der Waals surface area contributed by atoms with Crippen LogP contribution >= 0.6 is 22.9 Å². The average molecular weight is 411 g/mol. The maximum Gasteiger partial charge on any atom is 0.218 e. The van der Waals surface area contributed by atoms with Gasteiger partial charge in [-0.25, -0.2) is 12.7 Å². The van der Waals surface area contributed by atoms with E-state index in [1.807, 2.05) is 17.4 Å². The molecule has 0 spiro atoms. The van der Waals surface area contributed by atoms with Crippen LogP contribution < -0.4 is 0 Å². The molecule has 0 aliphatic carbocycles. The minimum absolute atomic E-state index is 0.0280. The molecule has 0 saturated carbocycles. The van der Waals surface area contributed by atoms with E-state index in [1.54, 1.807) is 22.5 Å². The van der Waals surface area contributed by atoms with Gasteiger partial charge in [-0.15, -0.1) is 11.3 Å². The molecule has 0 bridgehead atoms. The monoisotopic (exact) mass is 410 g/mol. The molecule has 4 nitrogen and oxygen atoms in total. The topological polar surface area (TPSA) is 40.6 Å². The summed E-state index contributed by atoms with van der Waals surface area (Å²) >= 11 is 7.84. The highest BCUT2D eigenvalue weighted by molar-refractivity contribution is 7.88. The maximum absolute atomic E-state index is 12.7. The molecule has 4 rings (SSSR count). The summed E-state index contributed by atoms with van der Waals surface area (Å²) in [6, 6.07) is 9.84. The zero-order chi connectivity index (χ0) is 18.1. The summed E-state index contributed by atoms with van der Waals surface area (Å²) in [5.41, 5.74) is 2.21.